The van der Waals surface area contributed by atoms with Crippen LogP contribution in [0.4, 0.5) is 14.5 Å². The van der Waals surface area contributed by atoms with Crippen LogP contribution >= 0.6 is 0 Å². The van der Waals surface area contributed by atoms with Crippen molar-refractivity contribution in [1.29, 1.82) is 0 Å². The first-order valence-electron chi connectivity index (χ1n) is 8.12. The maximum atomic E-state index is 13.7. The second-order valence-electron chi connectivity index (χ2n) is 5.82. The van der Waals surface area contributed by atoms with Crippen LogP contribution in [0.3, 0.4) is 0 Å². The number of para-hydroxylation sites is 1. The van der Waals surface area contributed by atoms with Crippen LogP contribution in [0.25, 0.3) is 22.2 Å². The first-order valence-corrected chi connectivity index (χ1v) is 8.12. The molecule has 1 aromatic heterocycles. The number of hydrogen-bond donors (Lipinski definition) is 2. The van der Waals surface area contributed by atoms with Crippen molar-refractivity contribution in [2.24, 2.45) is 5.10 Å². The normalized spacial score (nSPS) is 11.3. The predicted molar refractivity (Wildman–Crippen MR) is 101 cm³/mol. The quantitative estimate of drug-likeness (QED) is 0.368. The van der Waals surface area contributed by atoms with Gasteiger partial charge in [-0.1, -0.05) is 48.5 Å². The molecule has 26 heavy (non-hydrogen) atoms. The van der Waals surface area contributed by atoms with Gasteiger partial charge in [-0.2, -0.15) is 5.10 Å². The van der Waals surface area contributed by atoms with Gasteiger partial charge in [-0.05, 0) is 23.8 Å². The third-order valence-electron chi connectivity index (χ3n) is 4.12. The molecule has 1 heterocycles. The molecular formula is C21H15F2N3. The molecule has 0 bridgehead atoms. The van der Waals surface area contributed by atoms with Gasteiger partial charge in [-0.3, -0.25) is 5.43 Å². The highest BCUT2D eigenvalue weighted by Crippen LogP contribution is 2.29. The first-order chi connectivity index (χ1) is 12.7. The van der Waals surface area contributed by atoms with E-state index in [-0.39, 0.29) is 5.69 Å². The van der Waals surface area contributed by atoms with Crippen LogP contribution in [-0.2, 0) is 0 Å². The van der Waals surface area contributed by atoms with Gasteiger partial charge in [-0.15, -0.1) is 0 Å². The average molecular weight is 347 g/mol. The lowest BCUT2D eigenvalue weighted by Crippen LogP contribution is -1.95. The minimum atomic E-state index is -0.690. The number of anilines is 1. The number of hydrazone groups is 1. The highest BCUT2D eigenvalue weighted by molar-refractivity contribution is 6.06. The van der Waals surface area contributed by atoms with Gasteiger partial charge in [0.05, 0.1) is 17.6 Å². The fourth-order valence-corrected chi connectivity index (χ4v) is 2.88. The number of nitrogens with zero attached hydrogens (tertiary/aromatic N) is 1. The van der Waals surface area contributed by atoms with Crippen LogP contribution in [0.15, 0.2) is 77.9 Å². The first kappa shape index (κ1) is 16.0. The van der Waals surface area contributed by atoms with Gasteiger partial charge in [-0.25, -0.2) is 8.78 Å². The Hall–Kier alpha value is -3.47. The van der Waals surface area contributed by atoms with Crippen LogP contribution in [0, 0.1) is 11.6 Å². The third-order valence-corrected chi connectivity index (χ3v) is 4.12. The molecule has 0 aliphatic heterocycles. The van der Waals surface area contributed by atoms with E-state index >= 15 is 0 Å². The van der Waals surface area contributed by atoms with E-state index in [1.807, 2.05) is 54.6 Å². The Morgan fingerprint density at radius 2 is 1.65 bits per heavy atom. The van der Waals surface area contributed by atoms with Crippen LogP contribution in [-0.4, -0.2) is 11.2 Å². The number of H-pyrrole nitrogens is 1. The monoisotopic (exact) mass is 347 g/mol. The highest BCUT2D eigenvalue weighted by atomic mass is 19.1. The van der Waals surface area contributed by atoms with E-state index in [9.17, 15) is 8.78 Å². The van der Waals surface area contributed by atoms with E-state index in [0.717, 1.165) is 33.8 Å². The summed E-state index contributed by atoms with van der Waals surface area (Å²) < 4.78 is 26.7. The summed E-state index contributed by atoms with van der Waals surface area (Å²) in [4.78, 5) is 3.41. The largest absolute Gasteiger partial charge is 0.354 e. The number of rotatable bonds is 4. The zero-order valence-electron chi connectivity index (χ0n) is 13.7. The van der Waals surface area contributed by atoms with Crippen molar-refractivity contribution in [3.63, 3.8) is 0 Å². The predicted octanol–water partition coefficient (Wildman–Crippen LogP) is 5.56. The summed E-state index contributed by atoms with van der Waals surface area (Å²) in [7, 11) is 0. The summed E-state index contributed by atoms with van der Waals surface area (Å²) in [6.07, 6.45) is 1.64. The summed E-state index contributed by atoms with van der Waals surface area (Å²) in [5.74, 6) is -1.32. The molecule has 4 rings (SSSR count). The second-order valence-corrected chi connectivity index (χ2v) is 5.82. The van der Waals surface area contributed by atoms with Crippen molar-refractivity contribution in [2.75, 3.05) is 5.43 Å². The van der Waals surface area contributed by atoms with E-state index in [1.165, 1.54) is 12.1 Å². The summed E-state index contributed by atoms with van der Waals surface area (Å²) in [6, 6.07) is 21.1. The van der Waals surface area contributed by atoms with Gasteiger partial charge in [0.1, 0.15) is 5.82 Å². The van der Waals surface area contributed by atoms with Crippen molar-refractivity contribution in [2.45, 2.75) is 0 Å². The second kappa shape index (κ2) is 6.80. The molecule has 2 N–H and O–H groups in total. The lowest BCUT2D eigenvalue weighted by molar-refractivity contribution is 0.585. The Labute approximate surface area is 149 Å². The highest BCUT2D eigenvalue weighted by Gasteiger charge is 2.11. The number of benzene rings is 3. The minimum absolute atomic E-state index is 0.115. The Kier molecular flexibility index (Phi) is 4.19. The van der Waals surface area contributed by atoms with Crippen LogP contribution < -0.4 is 5.43 Å². The molecule has 0 radical (unpaired) electrons. The summed E-state index contributed by atoms with van der Waals surface area (Å²) in [5, 5.41) is 5.16. The Bertz CT molecular complexity index is 1090. The van der Waals surface area contributed by atoms with Crippen LogP contribution in [0.1, 0.15) is 5.56 Å². The molecule has 0 spiro atoms. The number of aromatic nitrogens is 1. The minimum Gasteiger partial charge on any atom is -0.354 e. The van der Waals surface area contributed by atoms with Gasteiger partial charge >= 0.3 is 0 Å². The van der Waals surface area contributed by atoms with E-state index < -0.39 is 11.6 Å². The Morgan fingerprint density at radius 3 is 2.46 bits per heavy atom. The number of fused-ring (bicyclic) bond motifs is 1. The molecule has 0 fully saturated rings. The molecule has 0 aliphatic carbocycles. The molecule has 0 atom stereocenters. The van der Waals surface area contributed by atoms with Gasteiger partial charge in [0.15, 0.2) is 5.82 Å². The molecule has 0 saturated carbocycles. The summed E-state index contributed by atoms with van der Waals surface area (Å²) in [5.41, 5.74) is 6.58. The summed E-state index contributed by atoms with van der Waals surface area (Å²) in [6.45, 7) is 0. The molecule has 4 aromatic rings. The molecule has 3 aromatic carbocycles. The number of nitrogens with one attached hydrogen (secondary N) is 2. The SMILES string of the molecule is Fc1ccc(N/N=C/c2c(-c3ccccc3)[nH]c3ccccc23)c(F)c1. The molecule has 0 unspecified atom stereocenters. The molecular weight excluding hydrogens is 332 g/mol. The fourth-order valence-electron chi connectivity index (χ4n) is 2.88. The van der Waals surface area contributed by atoms with Gasteiger partial charge in [0.2, 0.25) is 0 Å². The lowest BCUT2D eigenvalue weighted by atomic mass is 10.1. The molecule has 3 nitrogen and oxygen atoms in total. The molecule has 0 amide bonds. The van der Waals surface area contributed by atoms with Gasteiger partial charge in [0.25, 0.3) is 0 Å². The van der Waals surface area contributed by atoms with Crippen molar-refractivity contribution in [3.8, 4) is 11.3 Å². The third kappa shape index (κ3) is 3.07. The molecule has 0 saturated heterocycles. The lowest BCUT2D eigenvalue weighted by Gasteiger charge is -2.03. The number of aromatic amines is 1. The number of halogens is 2. The molecule has 0 aliphatic rings. The maximum Gasteiger partial charge on any atom is 0.151 e. The zero-order chi connectivity index (χ0) is 17.9. The fraction of sp³-hybridized carbons (Fsp3) is 0. The topological polar surface area (TPSA) is 40.2 Å². The Morgan fingerprint density at radius 1 is 0.885 bits per heavy atom. The van der Waals surface area contributed by atoms with Gasteiger partial charge < -0.3 is 4.98 Å². The van der Waals surface area contributed by atoms with Crippen molar-refractivity contribution in [1.82, 2.24) is 4.98 Å². The summed E-state index contributed by atoms with van der Waals surface area (Å²) >= 11 is 0. The average Bonchev–Trinajstić information content (AvgIpc) is 3.03. The van der Waals surface area contributed by atoms with Crippen molar-refractivity contribution in [3.05, 3.63) is 90.0 Å². The molecule has 5 heteroatoms. The number of hydrogen-bond acceptors (Lipinski definition) is 2. The van der Waals surface area contributed by atoms with Crippen LogP contribution in [0.5, 0.6) is 0 Å². The van der Waals surface area contributed by atoms with Gasteiger partial charge in [0, 0.05) is 22.5 Å². The smallest absolute Gasteiger partial charge is 0.151 e. The van der Waals surface area contributed by atoms with E-state index in [1.54, 1.807) is 6.21 Å². The van der Waals surface area contributed by atoms with Crippen LogP contribution in [0.2, 0.25) is 0 Å². The maximum absolute atomic E-state index is 13.7. The zero-order valence-corrected chi connectivity index (χ0v) is 13.7. The van der Waals surface area contributed by atoms with E-state index in [4.69, 9.17) is 0 Å². The van der Waals surface area contributed by atoms with E-state index in [2.05, 4.69) is 15.5 Å². The molecule has 128 valence electrons. The van der Waals surface area contributed by atoms with Crippen molar-refractivity contribution >= 4 is 22.8 Å². The van der Waals surface area contributed by atoms with Crippen molar-refractivity contribution < 1.29 is 8.78 Å². The Balaban J connectivity index is 1.73. The standard InChI is InChI=1S/C21H15F2N3/c22-15-10-11-20(18(23)12-15)26-24-13-17-16-8-4-5-9-19(16)25-21(17)14-6-2-1-3-7-14/h1-13,25-26H/b24-13+. The van der Waals surface area contributed by atoms with E-state index in [0.29, 0.717) is 0 Å².